The molecule has 0 aliphatic rings. The van der Waals surface area contributed by atoms with Crippen molar-refractivity contribution in [1.29, 1.82) is 0 Å². The van der Waals surface area contributed by atoms with Crippen LogP contribution in [0.5, 0.6) is 0 Å². The Morgan fingerprint density at radius 3 is 1.49 bits per heavy atom. The highest BCUT2D eigenvalue weighted by Gasteiger charge is 2.10. The van der Waals surface area contributed by atoms with Gasteiger partial charge in [0.05, 0.1) is 0 Å². The second-order valence-corrected chi connectivity index (χ2v) is 12.1. The minimum Gasteiger partial charge on any atom is -0.317 e. The highest BCUT2D eigenvalue weighted by molar-refractivity contribution is 6.23. The SMILES string of the molecule is CCCCCCCCCCCCCCCCCCNCCCCc1ccc2ccc3cccc4ccc1c2c34. The summed E-state index contributed by atoms with van der Waals surface area (Å²) >= 11 is 0. The minimum atomic E-state index is 1.16. The maximum absolute atomic E-state index is 3.70. The van der Waals surface area contributed by atoms with Gasteiger partial charge in [-0.1, -0.05) is 158 Å². The Balaban J connectivity index is 0.978. The van der Waals surface area contributed by atoms with Crippen LogP contribution in [0.25, 0.3) is 32.3 Å². The molecule has 4 aromatic carbocycles. The Kier molecular flexibility index (Phi) is 13.4. The summed E-state index contributed by atoms with van der Waals surface area (Å²) in [5.74, 6) is 0. The summed E-state index contributed by atoms with van der Waals surface area (Å²) in [5.41, 5.74) is 1.51. The van der Waals surface area contributed by atoms with Gasteiger partial charge in [-0.3, -0.25) is 0 Å². The lowest BCUT2D eigenvalue weighted by Gasteiger charge is -2.14. The average molecular weight is 526 g/mol. The molecule has 0 aliphatic heterocycles. The summed E-state index contributed by atoms with van der Waals surface area (Å²) in [4.78, 5) is 0. The summed E-state index contributed by atoms with van der Waals surface area (Å²) in [6.45, 7) is 4.65. The van der Waals surface area contributed by atoms with Gasteiger partial charge in [0.15, 0.2) is 0 Å². The van der Waals surface area contributed by atoms with Crippen molar-refractivity contribution in [2.24, 2.45) is 0 Å². The van der Waals surface area contributed by atoms with Gasteiger partial charge < -0.3 is 5.32 Å². The van der Waals surface area contributed by atoms with Crippen LogP contribution in [0.4, 0.5) is 0 Å². The van der Waals surface area contributed by atoms with Crippen LogP contribution in [0.3, 0.4) is 0 Å². The summed E-state index contributed by atoms with van der Waals surface area (Å²) in [6.07, 6.45) is 26.7. The predicted octanol–water partition coefficient (Wildman–Crippen LogP) is 11.8. The van der Waals surface area contributed by atoms with E-state index in [0.29, 0.717) is 0 Å². The fourth-order valence-electron chi connectivity index (χ4n) is 6.50. The molecular formula is C38H55N. The number of aryl methyl sites for hydroxylation is 1. The first-order chi connectivity index (χ1) is 19.4. The fraction of sp³-hybridized carbons (Fsp3) is 0.579. The largest absolute Gasteiger partial charge is 0.317 e. The van der Waals surface area contributed by atoms with Crippen LogP contribution in [0.1, 0.15) is 128 Å². The number of hydrogen-bond donors (Lipinski definition) is 1. The molecule has 0 saturated heterocycles. The number of hydrogen-bond acceptors (Lipinski definition) is 1. The second-order valence-electron chi connectivity index (χ2n) is 12.1. The zero-order valence-electron chi connectivity index (χ0n) is 25.0. The molecule has 0 aliphatic carbocycles. The molecule has 0 heterocycles. The van der Waals surface area contributed by atoms with E-state index in [9.17, 15) is 0 Å². The standard InChI is InChI=1S/C38H55N/c1-2-3-4-5-6-7-8-9-10-11-12-13-14-15-16-18-30-39-31-19-17-21-32-24-25-35-27-26-33-22-20-23-34-28-29-36(32)38(35)37(33)34/h20,22-29,39H,2-19,21,30-31H2,1H3. The van der Waals surface area contributed by atoms with Crippen LogP contribution in [0.2, 0.25) is 0 Å². The van der Waals surface area contributed by atoms with E-state index in [-0.39, 0.29) is 0 Å². The Bertz CT molecular complexity index is 1180. The number of nitrogens with one attached hydrogen (secondary N) is 1. The number of rotatable bonds is 22. The molecule has 0 unspecified atom stereocenters. The summed E-state index contributed by atoms with van der Waals surface area (Å²) in [7, 11) is 0. The molecule has 0 fully saturated rings. The molecule has 4 rings (SSSR count). The fourth-order valence-corrected chi connectivity index (χ4v) is 6.50. The smallest absolute Gasteiger partial charge is 0.00240 e. The first kappa shape index (κ1) is 29.9. The topological polar surface area (TPSA) is 12.0 Å². The zero-order valence-corrected chi connectivity index (χ0v) is 25.0. The van der Waals surface area contributed by atoms with Crippen LogP contribution < -0.4 is 5.32 Å². The van der Waals surface area contributed by atoms with Gasteiger partial charge >= 0.3 is 0 Å². The van der Waals surface area contributed by atoms with Crippen molar-refractivity contribution in [3.05, 3.63) is 60.2 Å². The molecule has 1 nitrogen and oxygen atoms in total. The van der Waals surface area contributed by atoms with Gasteiger partial charge in [-0.05, 0) is 76.7 Å². The molecule has 0 bridgehead atoms. The molecule has 0 saturated carbocycles. The van der Waals surface area contributed by atoms with Gasteiger partial charge in [-0.15, -0.1) is 0 Å². The van der Waals surface area contributed by atoms with Gasteiger partial charge in [-0.25, -0.2) is 0 Å². The Labute approximate surface area is 239 Å². The third-order valence-electron chi connectivity index (χ3n) is 8.88. The van der Waals surface area contributed by atoms with Crippen molar-refractivity contribution in [3.63, 3.8) is 0 Å². The normalized spacial score (nSPS) is 11.9. The second kappa shape index (κ2) is 17.5. The van der Waals surface area contributed by atoms with Crippen molar-refractivity contribution in [2.75, 3.05) is 13.1 Å². The zero-order chi connectivity index (χ0) is 27.0. The first-order valence-electron chi connectivity index (χ1n) is 16.7. The average Bonchev–Trinajstić information content (AvgIpc) is 2.97. The molecule has 0 aromatic heterocycles. The summed E-state index contributed by atoms with van der Waals surface area (Å²) < 4.78 is 0. The van der Waals surface area contributed by atoms with Crippen molar-refractivity contribution in [1.82, 2.24) is 5.32 Å². The highest BCUT2D eigenvalue weighted by atomic mass is 14.8. The molecule has 1 N–H and O–H groups in total. The quantitative estimate of drug-likeness (QED) is 0.0794. The van der Waals surface area contributed by atoms with Crippen LogP contribution in [-0.4, -0.2) is 13.1 Å². The van der Waals surface area contributed by atoms with E-state index in [0.717, 1.165) is 6.54 Å². The molecule has 0 amide bonds. The van der Waals surface area contributed by atoms with Crippen LogP contribution in [-0.2, 0) is 6.42 Å². The predicted molar refractivity (Wildman–Crippen MR) is 175 cm³/mol. The molecule has 212 valence electrons. The van der Waals surface area contributed by atoms with Crippen molar-refractivity contribution < 1.29 is 0 Å². The number of unbranched alkanes of at least 4 members (excludes halogenated alkanes) is 16. The lowest BCUT2D eigenvalue weighted by Crippen LogP contribution is -2.16. The molecule has 4 aromatic rings. The van der Waals surface area contributed by atoms with Crippen LogP contribution in [0, 0.1) is 0 Å². The van der Waals surface area contributed by atoms with E-state index in [1.54, 1.807) is 0 Å². The third kappa shape index (κ3) is 9.49. The van der Waals surface area contributed by atoms with Gasteiger partial charge in [0.1, 0.15) is 0 Å². The van der Waals surface area contributed by atoms with Crippen molar-refractivity contribution in [3.8, 4) is 0 Å². The molecule has 39 heavy (non-hydrogen) atoms. The third-order valence-corrected chi connectivity index (χ3v) is 8.88. The van der Waals surface area contributed by atoms with Gasteiger partial charge in [0.2, 0.25) is 0 Å². The Hall–Kier alpha value is -2.12. The number of benzene rings is 4. The molecule has 0 spiro atoms. The Morgan fingerprint density at radius 2 is 0.897 bits per heavy atom. The molecular weight excluding hydrogens is 470 g/mol. The van der Waals surface area contributed by atoms with Crippen LogP contribution >= 0.6 is 0 Å². The van der Waals surface area contributed by atoms with E-state index < -0.39 is 0 Å². The Morgan fingerprint density at radius 1 is 0.436 bits per heavy atom. The highest BCUT2D eigenvalue weighted by Crippen LogP contribution is 2.36. The lowest BCUT2D eigenvalue weighted by atomic mass is 9.90. The van der Waals surface area contributed by atoms with Gasteiger partial charge in [0.25, 0.3) is 0 Å². The van der Waals surface area contributed by atoms with Gasteiger partial charge in [-0.2, -0.15) is 0 Å². The summed E-state index contributed by atoms with van der Waals surface area (Å²) in [6, 6.07) is 20.6. The molecule has 1 heteroatoms. The monoisotopic (exact) mass is 525 g/mol. The van der Waals surface area contributed by atoms with Crippen LogP contribution in [0.15, 0.2) is 54.6 Å². The molecule has 0 atom stereocenters. The van der Waals surface area contributed by atoms with E-state index in [4.69, 9.17) is 0 Å². The first-order valence-corrected chi connectivity index (χ1v) is 16.7. The maximum atomic E-state index is 3.70. The summed E-state index contributed by atoms with van der Waals surface area (Å²) in [5, 5.41) is 12.2. The van der Waals surface area contributed by atoms with Gasteiger partial charge in [0, 0.05) is 0 Å². The lowest BCUT2D eigenvalue weighted by molar-refractivity contribution is 0.523. The molecule has 0 radical (unpaired) electrons. The van der Waals surface area contributed by atoms with E-state index in [1.165, 1.54) is 166 Å². The van der Waals surface area contributed by atoms with Crippen molar-refractivity contribution in [2.45, 2.75) is 129 Å². The van der Waals surface area contributed by atoms with E-state index in [1.807, 2.05) is 0 Å². The van der Waals surface area contributed by atoms with E-state index in [2.05, 4.69) is 66.8 Å². The minimum absolute atomic E-state index is 1.16. The maximum Gasteiger partial charge on any atom is -0.00240 e. The van der Waals surface area contributed by atoms with E-state index >= 15 is 0 Å². The van der Waals surface area contributed by atoms with Crippen molar-refractivity contribution >= 4 is 32.3 Å².